The van der Waals surface area contributed by atoms with Crippen molar-refractivity contribution in [2.75, 3.05) is 5.32 Å². The fraction of sp³-hybridized carbons (Fsp3) is 0.409. The maximum atomic E-state index is 13.2. The Balaban J connectivity index is 1.78. The molecule has 0 unspecified atom stereocenters. The predicted molar refractivity (Wildman–Crippen MR) is 116 cm³/mol. The summed E-state index contributed by atoms with van der Waals surface area (Å²) in [5.41, 5.74) is 5.23. The fourth-order valence-electron chi connectivity index (χ4n) is 3.56. The van der Waals surface area contributed by atoms with Crippen LogP contribution in [0.4, 0.5) is 5.69 Å². The first kappa shape index (κ1) is 19.1. The van der Waals surface area contributed by atoms with E-state index in [0.717, 1.165) is 70.4 Å². The van der Waals surface area contributed by atoms with Gasteiger partial charge in [0, 0.05) is 28.3 Å². The van der Waals surface area contributed by atoms with Crippen molar-refractivity contribution in [3.05, 3.63) is 51.3 Å². The van der Waals surface area contributed by atoms with Gasteiger partial charge in [-0.05, 0) is 62.9 Å². The van der Waals surface area contributed by atoms with Crippen molar-refractivity contribution >= 4 is 38.6 Å². The lowest BCUT2D eigenvalue weighted by Crippen LogP contribution is -2.14. The third-order valence-electron chi connectivity index (χ3n) is 5.30. The number of amides is 1. The monoisotopic (exact) mass is 440 g/mol. The number of rotatable bonds is 6. The number of nitrogens with one attached hydrogen (secondary N) is 1. The van der Waals surface area contributed by atoms with Crippen molar-refractivity contribution in [2.24, 2.45) is 0 Å². The minimum Gasteiger partial charge on any atom is -0.322 e. The van der Waals surface area contributed by atoms with Crippen molar-refractivity contribution in [1.82, 2.24) is 14.8 Å². The third kappa shape index (κ3) is 3.70. The smallest absolute Gasteiger partial charge is 0.256 e. The molecule has 1 amide bonds. The average Bonchev–Trinajstić information content (AvgIpc) is 3.47. The topological polar surface area (TPSA) is 59.8 Å². The van der Waals surface area contributed by atoms with E-state index in [2.05, 4.69) is 28.2 Å². The van der Waals surface area contributed by atoms with E-state index in [-0.39, 0.29) is 5.91 Å². The van der Waals surface area contributed by atoms with E-state index >= 15 is 0 Å². The van der Waals surface area contributed by atoms with Crippen molar-refractivity contribution < 1.29 is 4.79 Å². The van der Waals surface area contributed by atoms with Crippen LogP contribution in [0.1, 0.15) is 65.8 Å². The van der Waals surface area contributed by atoms with Crippen LogP contribution in [0, 0.1) is 13.8 Å². The number of pyridine rings is 1. The second-order valence-electron chi connectivity index (χ2n) is 7.64. The molecule has 28 heavy (non-hydrogen) atoms. The standard InChI is InChI=1S/C22H25BrN4O/c1-4-5-10-27-21-20(14(3)26-27)17(12-19(24-21)15-6-7-15)22(28)25-18-9-8-16(23)11-13(18)2/h8-9,11-12,15H,4-7,10H2,1-3H3,(H,25,28). The number of hydrogen-bond acceptors (Lipinski definition) is 3. The lowest BCUT2D eigenvalue weighted by Gasteiger charge is -2.11. The molecule has 0 atom stereocenters. The summed E-state index contributed by atoms with van der Waals surface area (Å²) in [5, 5.41) is 8.65. The van der Waals surface area contributed by atoms with Gasteiger partial charge in [0.15, 0.2) is 5.65 Å². The first-order chi connectivity index (χ1) is 13.5. The van der Waals surface area contributed by atoms with E-state index in [0.29, 0.717) is 11.5 Å². The number of aromatic nitrogens is 3. The molecule has 146 valence electrons. The van der Waals surface area contributed by atoms with E-state index < -0.39 is 0 Å². The highest BCUT2D eigenvalue weighted by Gasteiger charge is 2.28. The molecule has 5 nitrogen and oxygen atoms in total. The Labute approximate surface area is 173 Å². The molecule has 0 spiro atoms. The molecule has 1 N–H and O–H groups in total. The van der Waals surface area contributed by atoms with Gasteiger partial charge in [0.05, 0.1) is 16.6 Å². The molecule has 0 saturated heterocycles. The minimum atomic E-state index is -0.0992. The Morgan fingerprint density at radius 1 is 1.29 bits per heavy atom. The molecule has 2 aromatic heterocycles. The van der Waals surface area contributed by atoms with Gasteiger partial charge in [-0.3, -0.25) is 4.79 Å². The summed E-state index contributed by atoms with van der Waals surface area (Å²) >= 11 is 3.47. The lowest BCUT2D eigenvalue weighted by molar-refractivity contribution is 0.102. The number of carbonyl (C=O) groups excluding carboxylic acids is 1. The maximum absolute atomic E-state index is 13.2. The number of nitrogens with zero attached hydrogens (tertiary/aromatic N) is 3. The first-order valence-corrected chi connectivity index (χ1v) is 10.7. The van der Waals surface area contributed by atoms with Crippen LogP contribution in [-0.2, 0) is 6.54 Å². The summed E-state index contributed by atoms with van der Waals surface area (Å²) in [4.78, 5) is 18.2. The van der Waals surface area contributed by atoms with Crippen LogP contribution in [0.5, 0.6) is 0 Å². The molecule has 1 fully saturated rings. The minimum absolute atomic E-state index is 0.0992. The molecule has 2 heterocycles. The van der Waals surface area contributed by atoms with E-state index in [4.69, 9.17) is 10.1 Å². The van der Waals surface area contributed by atoms with Gasteiger partial charge in [0.25, 0.3) is 5.91 Å². The molecule has 0 radical (unpaired) electrons. The summed E-state index contributed by atoms with van der Waals surface area (Å²) in [6.07, 6.45) is 4.44. The van der Waals surface area contributed by atoms with Crippen LogP contribution in [0.25, 0.3) is 11.0 Å². The van der Waals surface area contributed by atoms with E-state index in [1.54, 1.807) is 0 Å². The summed E-state index contributed by atoms with van der Waals surface area (Å²) in [6.45, 7) is 6.95. The number of carbonyl (C=O) groups is 1. The Kier molecular flexibility index (Phi) is 5.23. The van der Waals surface area contributed by atoms with Gasteiger partial charge < -0.3 is 5.32 Å². The summed E-state index contributed by atoms with van der Waals surface area (Å²) in [5.74, 6) is 0.373. The highest BCUT2D eigenvalue weighted by molar-refractivity contribution is 9.10. The van der Waals surface area contributed by atoms with E-state index in [1.807, 2.05) is 42.8 Å². The molecule has 1 saturated carbocycles. The zero-order chi connectivity index (χ0) is 19.8. The number of hydrogen-bond donors (Lipinski definition) is 1. The largest absolute Gasteiger partial charge is 0.322 e. The molecule has 0 bridgehead atoms. The van der Waals surface area contributed by atoms with Crippen molar-refractivity contribution in [3.63, 3.8) is 0 Å². The average molecular weight is 441 g/mol. The summed E-state index contributed by atoms with van der Waals surface area (Å²) in [7, 11) is 0. The highest BCUT2D eigenvalue weighted by Crippen LogP contribution is 2.40. The Morgan fingerprint density at radius 2 is 2.07 bits per heavy atom. The molecule has 1 aromatic carbocycles. The molecule has 4 rings (SSSR count). The molecule has 6 heteroatoms. The molecule has 3 aromatic rings. The zero-order valence-electron chi connectivity index (χ0n) is 16.6. The summed E-state index contributed by atoms with van der Waals surface area (Å²) in [6, 6.07) is 7.84. The Hall–Kier alpha value is -2.21. The van der Waals surface area contributed by atoms with Crippen LogP contribution in [0.2, 0.25) is 0 Å². The summed E-state index contributed by atoms with van der Waals surface area (Å²) < 4.78 is 2.97. The van der Waals surface area contributed by atoms with Gasteiger partial charge in [-0.25, -0.2) is 9.67 Å². The van der Waals surface area contributed by atoms with E-state index in [9.17, 15) is 4.79 Å². The number of unbranched alkanes of at least 4 members (excludes halogenated alkanes) is 1. The van der Waals surface area contributed by atoms with Gasteiger partial charge in [-0.15, -0.1) is 0 Å². The van der Waals surface area contributed by atoms with Gasteiger partial charge >= 0.3 is 0 Å². The van der Waals surface area contributed by atoms with Crippen molar-refractivity contribution in [3.8, 4) is 0 Å². The van der Waals surface area contributed by atoms with Gasteiger partial charge in [0.2, 0.25) is 0 Å². The number of fused-ring (bicyclic) bond motifs is 1. The molecular formula is C22H25BrN4O. The molecule has 1 aliphatic rings. The lowest BCUT2D eigenvalue weighted by atomic mass is 10.1. The van der Waals surface area contributed by atoms with Crippen molar-refractivity contribution in [2.45, 2.75) is 58.9 Å². The molecule has 0 aliphatic heterocycles. The van der Waals surface area contributed by atoms with Crippen LogP contribution in [0.3, 0.4) is 0 Å². The highest BCUT2D eigenvalue weighted by atomic mass is 79.9. The number of anilines is 1. The van der Waals surface area contributed by atoms with Crippen LogP contribution in [-0.4, -0.2) is 20.7 Å². The fourth-order valence-corrected chi connectivity index (χ4v) is 4.04. The number of halogens is 1. The SMILES string of the molecule is CCCCn1nc(C)c2c(C(=O)Nc3ccc(Br)cc3C)cc(C3CC3)nc21. The number of aryl methyl sites for hydroxylation is 3. The second-order valence-corrected chi connectivity index (χ2v) is 8.56. The van der Waals surface area contributed by atoms with Gasteiger partial charge in [-0.2, -0.15) is 5.10 Å². The molecular weight excluding hydrogens is 416 g/mol. The normalized spacial score (nSPS) is 13.9. The Bertz CT molecular complexity index is 1050. The Morgan fingerprint density at radius 3 is 2.75 bits per heavy atom. The predicted octanol–water partition coefficient (Wildman–Crippen LogP) is 5.74. The quantitative estimate of drug-likeness (QED) is 0.531. The van der Waals surface area contributed by atoms with Gasteiger partial charge in [-0.1, -0.05) is 29.3 Å². The van der Waals surface area contributed by atoms with E-state index in [1.165, 1.54) is 0 Å². The van der Waals surface area contributed by atoms with Crippen LogP contribution >= 0.6 is 15.9 Å². The van der Waals surface area contributed by atoms with Crippen LogP contribution in [0.15, 0.2) is 28.7 Å². The second kappa shape index (κ2) is 7.66. The molecule has 1 aliphatic carbocycles. The zero-order valence-corrected chi connectivity index (χ0v) is 18.1. The van der Waals surface area contributed by atoms with Gasteiger partial charge in [0.1, 0.15) is 0 Å². The maximum Gasteiger partial charge on any atom is 0.256 e. The number of benzene rings is 1. The van der Waals surface area contributed by atoms with Crippen LogP contribution < -0.4 is 5.32 Å². The first-order valence-electron chi connectivity index (χ1n) is 9.93. The third-order valence-corrected chi connectivity index (χ3v) is 5.79. The van der Waals surface area contributed by atoms with Crippen molar-refractivity contribution in [1.29, 1.82) is 0 Å².